The van der Waals surface area contributed by atoms with E-state index in [1.807, 2.05) is 0 Å². The average Bonchev–Trinajstić information content (AvgIpc) is 3.37. The summed E-state index contributed by atoms with van der Waals surface area (Å²) < 4.78 is 17.5. The number of hydrogen-bond acceptors (Lipinski definition) is 1. The van der Waals surface area contributed by atoms with Gasteiger partial charge in [-0.05, 0) is 60.4 Å². The monoisotopic (exact) mass is 393 g/mol. The molecule has 0 bridgehead atoms. The molecule has 2 nitrogen and oxygen atoms in total. The Bertz CT molecular complexity index is 1470. The van der Waals surface area contributed by atoms with Crippen LogP contribution in [0.25, 0.3) is 44.0 Å². The van der Waals surface area contributed by atoms with Crippen molar-refractivity contribution in [3.8, 4) is 11.3 Å². The molecule has 1 fully saturated rings. The van der Waals surface area contributed by atoms with Crippen LogP contribution in [0.4, 0.5) is 0 Å². The fourth-order valence-electron chi connectivity index (χ4n) is 5.08. The minimum atomic E-state index is -0.442. The van der Waals surface area contributed by atoms with Gasteiger partial charge in [-0.1, -0.05) is 43.2 Å². The fraction of sp³-hybridized carbons (Fsp3) is 0.250. The molecule has 5 aromatic rings. The Balaban J connectivity index is 1.59. The number of aromatic nitrogens is 1. The standard InChI is InChI=1S/C28H26NO/c1-18-15-27-25(23-12-11-20-9-5-6-10-22(20)28(23)30-27)17-24(18)26-16-21(13-14-29(26)2)19-7-3-4-8-19/h5-6,9-17,19H,3-4,7-8H2,1-2H3/q+1/i19D. The molecule has 0 amide bonds. The lowest BCUT2D eigenvalue weighted by molar-refractivity contribution is -0.660. The molecule has 0 saturated heterocycles. The van der Waals surface area contributed by atoms with Crippen LogP contribution in [0, 0.1) is 6.92 Å². The molecule has 0 atom stereocenters. The number of benzene rings is 3. The first kappa shape index (κ1) is 16.6. The maximum Gasteiger partial charge on any atom is 0.212 e. The molecule has 0 unspecified atom stereocenters. The zero-order valence-corrected chi connectivity index (χ0v) is 17.5. The van der Waals surface area contributed by atoms with Crippen LogP contribution in [0.5, 0.6) is 0 Å². The van der Waals surface area contributed by atoms with Gasteiger partial charge in [-0.25, -0.2) is 4.57 Å². The van der Waals surface area contributed by atoms with Gasteiger partial charge in [0.05, 0.1) is 0 Å². The molecule has 0 spiro atoms. The van der Waals surface area contributed by atoms with Crippen molar-refractivity contribution in [1.29, 1.82) is 0 Å². The molecular formula is C28H26NO+. The van der Waals surface area contributed by atoms with Crippen molar-refractivity contribution < 1.29 is 10.4 Å². The van der Waals surface area contributed by atoms with Gasteiger partial charge in [-0.2, -0.15) is 0 Å². The van der Waals surface area contributed by atoms with Crippen LogP contribution in [-0.2, 0) is 7.05 Å². The van der Waals surface area contributed by atoms with Crippen molar-refractivity contribution in [1.82, 2.24) is 0 Å². The van der Waals surface area contributed by atoms with Gasteiger partial charge in [0.15, 0.2) is 6.20 Å². The van der Waals surface area contributed by atoms with Crippen LogP contribution in [0.1, 0.15) is 44.1 Å². The van der Waals surface area contributed by atoms with Crippen molar-refractivity contribution in [2.75, 3.05) is 0 Å². The van der Waals surface area contributed by atoms with E-state index in [1.165, 1.54) is 16.5 Å². The zero-order valence-electron chi connectivity index (χ0n) is 18.5. The second kappa shape index (κ2) is 6.70. The van der Waals surface area contributed by atoms with E-state index in [4.69, 9.17) is 5.79 Å². The number of fused-ring (bicyclic) bond motifs is 5. The molecule has 6 rings (SSSR count). The second-order valence-electron chi connectivity index (χ2n) is 8.65. The Morgan fingerprint density at radius 2 is 1.77 bits per heavy atom. The van der Waals surface area contributed by atoms with E-state index in [0.717, 1.165) is 64.3 Å². The van der Waals surface area contributed by atoms with Gasteiger partial charge in [0.1, 0.15) is 18.2 Å². The summed E-state index contributed by atoms with van der Waals surface area (Å²) >= 11 is 0. The molecule has 2 aromatic heterocycles. The highest BCUT2D eigenvalue weighted by molar-refractivity contribution is 6.15. The molecule has 148 valence electrons. The second-order valence-corrected chi connectivity index (χ2v) is 8.65. The van der Waals surface area contributed by atoms with E-state index in [9.17, 15) is 0 Å². The van der Waals surface area contributed by atoms with Crippen molar-refractivity contribution in [3.05, 3.63) is 78.0 Å². The van der Waals surface area contributed by atoms with Gasteiger partial charge >= 0.3 is 0 Å². The Hall–Kier alpha value is -3.13. The lowest BCUT2D eigenvalue weighted by Gasteiger charge is -2.11. The van der Waals surface area contributed by atoms with Crippen LogP contribution in [-0.4, -0.2) is 0 Å². The molecular weight excluding hydrogens is 366 g/mol. The van der Waals surface area contributed by atoms with Gasteiger partial charge in [0.25, 0.3) is 0 Å². The number of pyridine rings is 1. The summed E-state index contributed by atoms with van der Waals surface area (Å²) in [6.07, 6.45) is 6.33. The summed E-state index contributed by atoms with van der Waals surface area (Å²) in [5, 5.41) is 4.65. The predicted octanol–water partition coefficient (Wildman–Crippen LogP) is 7.20. The smallest absolute Gasteiger partial charge is 0.212 e. The third-order valence-corrected chi connectivity index (χ3v) is 6.75. The summed E-state index contributed by atoms with van der Waals surface area (Å²) in [5.74, 6) is -0.442. The number of furan rings is 1. The molecule has 0 radical (unpaired) electrons. The Morgan fingerprint density at radius 3 is 2.63 bits per heavy atom. The van der Waals surface area contributed by atoms with Gasteiger partial charge in [-0.15, -0.1) is 0 Å². The molecule has 0 aliphatic heterocycles. The van der Waals surface area contributed by atoms with Crippen molar-refractivity contribution in [2.24, 2.45) is 7.05 Å². The number of nitrogens with zero attached hydrogens (tertiary/aromatic N) is 1. The highest BCUT2D eigenvalue weighted by Crippen LogP contribution is 2.38. The Morgan fingerprint density at radius 1 is 0.933 bits per heavy atom. The normalized spacial score (nSPS) is 16.5. The van der Waals surface area contributed by atoms with E-state index in [0.29, 0.717) is 0 Å². The third-order valence-electron chi connectivity index (χ3n) is 6.75. The number of aryl methyl sites for hydroxylation is 2. The van der Waals surface area contributed by atoms with Gasteiger partial charge in [-0.3, -0.25) is 0 Å². The summed E-state index contributed by atoms with van der Waals surface area (Å²) in [6, 6.07) is 21.6. The third kappa shape index (κ3) is 2.67. The van der Waals surface area contributed by atoms with Gasteiger partial charge in [0.2, 0.25) is 5.69 Å². The molecule has 2 heterocycles. The first-order chi connectivity index (χ1) is 15.0. The first-order valence-corrected chi connectivity index (χ1v) is 10.9. The average molecular weight is 394 g/mol. The van der Waals surface area contributed by atoms with E-state index in [1.54, 1.807) is 0 Å². The highest BCUT2D eigenvalue weighted by atomic mass is 16.3. The van der Waals surface area contributed by atoms with E-state index in [2.05, 4.69) is 85.4 Å². The van der Waals surface area contributed by atoms with Gasteiger partial charge < -0.3 is 4.42 Å². The lowest BCUT2D eigenvalue weighted by atomic mass is 9.94. The summed E-state index contributed by atoms with van der Waals surface area (Å²) in [4.78, 5) is 0. The van der Waals surface area contributed by atoms with Crippen LogP contribution < -0.4 is 4.57 Å². The maximum atomic E-state index is 8.97. The minimum absolute atomic E-state index is 0.442. The summed E-state index contributed by atoms with van der Waals surface area (Å²) in [7, 11) is 2.09. The highest BCUT2D eigenvalue weighted by Gasteiger charge is 2.22. The van der Waals surface area contributed by atoms with Crippen LogP contribution in [0.15, 0.2) is 71.3 Å². The molecule has 0 N–H and O–H groups in total. The van der Waals surface area contributed by atoms with E-state index in [-0.39, 0.29) is 0 Å². The minimum Gasteiger partial charge on any atom is -0.455 e. The largest absolute Gasteiger partial charge is 0.455 e. The molecule has 2 heteroatoms. The van der Waals surface area contributed by atoms with Crippen LogP contribution in [0.3, 0.4) is 0 Å². The molecule has 1 aliphatic rings. The van der Waals surface area contributed by atoms with E-state index >= 15 is 0 Å². The number of rotatable bonds is 2. The van der Waals surface area contributed by atoms with Crippen molar-refractivity contribution in [2.45, 2.75) is 38.5 Å². The van der Waals surface area contributed by atoms with Crippen LogP contribution in [0.2, 0.25) is 0 Å². The maximum absolute atomic E-state index is 8.97. The molecule has 1 aliphatic carbocycles. The number of hydrogen-bond donors (Lipinski definition) is 0. The molecule has 3 aromatic carbocycles. The molecule has 30 heavy (non-hydrogen) atoms. The van der Waals surface area contributed by atoms with Crippen molar-refractivity contribution >= 4 is 32.7 Å². The Labute approximate surface area is 178 Å². The quantitative estimate of drug-likeness (QED) is 0.290. The first-order valence-electron chi connectivity index (χ1n) is 11.4. The molecule has 1 saturated carbocycles. The van der Waals surface area contributed by atoms with Gasteiger partial charge in [0, 0.05) is 35.2 Å². The fourth-order valence-corrected chi connectivity index (χ4v) is 5.08. The Kier molecular flexibility index (Phi) is 3.72. The van der Waals surface area contributed by atoms with Crippen LogP contribution >= 0.6 is 0 Å². The topological polar surface area (TPSA) is 17.0 Å². The predicted molar refractivity (Wildman–Crippen MR) is 124 cm³/mol. The summed E-state index contributed by atoms with van der Waals surface area (Å²) in [5.41, 5.74) is 6.58. The van der Waals surface area contributed by atoms with Crippen molar-refractivity contribution in [3.63, 3.8) is 0 Å². The van der Waals surface area contributed by atoms with E-state index < -0.39 is 5.89 Å². The lowest BCUT2D eigenvalue weighted by Crippen LogP contribution is -2.31. The SMILES string of the molecule is [2H]C1(c2cc[n+](C)c(-c3cc4c(cc3C)oc3c5ccccc5ccc43)c2)CCCC1. The zero-order chi connectivity index (χ0) is 21.2. The summed E-state index contributed by atoms with van der Waals surface area (Å²) in [6.45, 7) is 2.15.